The van der Waals surface area contributed by atoms with Gasteiger partial charge in [0.2, 0.25) is 10.0 Å². The summed E-state index contributed by atoms with van der Waals surface area (Å²) in [7, 11) is -1.93. The molecule has 1 aromatic rings. The summed E-state index contributed by atoms with van der Waals surface area (Å²) in [6.07, 6.45) is 1.95. The Morgan fingerprint density at radius 2 is 2.24 bits per heavy atom. The number of nitrogens with zero attached hydrogens (tertiary/aromatic N) is 2. The number of nitrogens with two attached hydrogens (primary N) is 1. The van der Waals surface area contributed by atoms with E-state index in [0.717, 1.165) is 25.5 Å². The molecule has 1 unspecified atom stereocenters. The quantitative estimate of drug-likeness (QED) is 0.465. The molecule has 0 spiro atoms. The van der Waals surface area contributed by atoms with Gasteiger partial charge in [-0.2, -0.15) is 0 Å². The van der Waals surface area contributed by atoms with E-state index in [1.807, 2.05) is 7.05 Å². The van der Waals surface area contributed by atoms with Crippen LogP contribution < -0.4 is 10.5 Å². The fourth-order valence-electron chi connectivity index (χ4n) is 2.39. The Balaban J connectivity index is 2.19. The third kappa shape index (κ3) is 3.49. The fraction of sp³-hybridized carbons (Fsp3) is 0.500. The number of sulfonamides is 1. The van der Waals surface area contributed by atoms with Crippen molar-refractivity contribution in [1.29, 1.82) is 0 Å². The molecular weight excluding hydrogens is 296 g/mol. The van der Waals surface area contributed by atoms with E-state index in [-0.39, 0.29) is 28.9 Å². The molecule has 1 heterocycles. The fourth-order valence-corrected chi connectivity index (χ4v) is 3.61. The van der Waals surface area contributed by atoms with E-state index in [4.69, 9.17) is 5.73 Å². The molecule has 0 aromatic heterocycles. The number of non-ortho nitro benzene ring substituents is 1. The van der Waals surface area contributed by atoms with Crippen molar-refractivity contribution in [3.8, 4) is 0 Å². The molecule has 1 aliphatic rings. The van der Waals surface area contributed by atoms with Gasteiger partial charge in [-0.25, -0.2) is 13.1 Å². The van der Waals surface area contributed by atoms with Gasteiger partial charge >= 0.3 is 0 Å². The lowest BCUT2D eigenvalue weighted by Crippen LogP contribution is -2.38. The molecular formula is C12H18N4O4S. The molecule has 0 saturated carbocycles. The number of nitro groups is 1. The molecule has 2 rings (SSSR count). The Labute approximate surface area is 123 Å². The molecule has 9 heteroatoms. The standard InChI is InChI=1S/C12H18N4O4S/c1-15-6-2-3-10(15)8-14-21(19,20)12-7-9(16(17)18)4-5-11(12)13/h4-5,7,10,14H,2-3,6,8,13H2,1H3. The minimum Gasteiger partial charge on any atom is -0.398 e. The van der Waals surface area contributed by atoms with Crippen LogP contribution in [0.5, 0.6) is 0 Å². The summed E-state index contributed by atoms with van der Waals surface area (Å²) in [5, 5.41) is 10.7. The maximum absolute atomic E-state index is 12.3. The van der Waals surface area contributed by atoms with Gasteiger partial charge in [0.1, 0.15) is 4.90 Å². The lowest BCUT2D eigenvalue weighted by molar-refractivity contribution is -0.385. The van der Waals surface area contributed by atoms with Crippen LogP contribution >= 0.6 is 0 Å². The van der Waals surface area contributed by atoms with E-state index >= 15 is 0 Å². The summed E-state index contributed by atoms with van der Waals surface area (Å²) in [6.45, 7) is 1.20. The summed E-state index contributed by atoms with van der Waals surface area (Å²) in [5.41, 5.74) is 5.32. The van der Waals surface area contributed by atoms with E-state index in [1.165, 1.54) is 12.1 Å². The normalized spacial score (nSPS) is 19.8. The van der Waals surface area contributed by atoms with Crippen LogP contribution in [0.3, 0.4) is 0 Å². The highest BCUT2D eigenvalue weighted by molar-refractivity contribution is 7.89. The lowest BCUT2D eigenvalue weighted by atomic mass is 10.2. The average molecular weight is 314 g/mol. The lowest BCUT2D eigenvalue weighted by Gasteiger charge is -2.19. The van der Waals surface area contributed by atoms with Crippen molar-refractivity contribution in [2.45, 2.75) is 23.8 Å². The van der Waals surface area contributed by atoms with Crippen molar-refractivity contribution < 1.29 is 13.3 Å². The molecule has 1 aliphatic heterocycles. The number of nitro benzene ring substituents is 1. The summed E-state index contributed by atoms with van der Waals surface area (Å²) in [5.74, 6) is 0. The number of hydrogen-bond acceptors (Lipinski definition) is 6. The number of nitrogen functional groups attached to an aromatic ring is 1. The zero-order chi connectivity index (χ0) is 15.6. The van der Waals surface area contributed by atoms with E-state index in [0.29, 0.717) is 0 Å². The van der Waals surface area contributed by atoms with Crippen LogP contribution in [0.2, 0.25) is 0 Å². The monoisotopic (exact) mass is 314 g/mol. The Bertz CT molecular complexity index is 647. The Hall–Kier alpha value is -1.71. The van der Waals surface area contributed by atoms with Gasteiger partial charge in [0, 0.05) is 24.7 Å². The van der Waals surface area contributed by atoms with Crippen molar-refractivity contribution in [2.75, 3.05) is 25.9 Å². The molecule has 1 atom stereocenters. The van der Waals surface area contributed by atoms with Crippen LogP contribution in [-0.2, 0) is 10.0 Å². The van der Waals surface area contributed by atoms with Gasteiger partial charge in [-0.15, -0.1) is 0 Å². The highest BCUT2D eigenvalue weighted by Gasteiger charge is 2.25. The first-order chi connectivity index (χ1) is 9.81. The molecule has 116 valence electrons. The number of anilines is 1. The second kappa shape index (κ2) is 5.96. The first-order valence-electron chi connectivity index (χ1n) is 6.55. The largest absolute Gasteiger partial charge is 0.398 e. The molecule has 8 nitrogen and oxygen atoms in total. The van der Waals surface area contributed by atoms with Gasteiger partial charge < -0.3 is 10.6 Å². The minimum atomic E-state index is -3.86. The van der Waals surface area contributed by atoms with Crippen molar-refractivity contribution in [1.82, 2.24) is 9.62 Å². The van der Waals surface area contributed by atoms with E-state index in [9.17, 15) is 18.5 Å². The number of likely N-dealkylation sites (N-methyl/N-ethyl adjacent to an activating group) is 1. The van der Waals surface area contributed by atoms with Crippen molar-refractivity contribution in [2.24, 2.45) is 0 Å². The van der Waals surface area contributed by atoms with E-state index in [1.54, 1.807) is 0 Å². The molecule has 0 bridgehead atoms. The summed E-state index contributed by atoms with van der Waals surface area (Å²) >= 11 is 0. The molecule has 21 heavy (non-hydrogen) atoms. The highest BCUT2D eigenvalue weighted by atomic mass is 32.2. The van der Waals surface area contributed by atoms with Crippen molar-refractivity contribution in [3.05, 3.63) is 28.3 Å². The van der Waals surface area contributed by atoms with Crippen LogP contribution in [0, 0.1) is 10.1 Å². The SMILES string of the molecule is CN1CCCC1CNS(=O)(=O)c1cc([N+](=O)[O-])ccc1N. The van der Waals surface area contributed by atoms with E-state index in [2.05, 4.69) is 9.62 Å². The molecule has 0 amide bonds. The Kier molecular flexibility index (Phi) is 4.45. The van der Waals surface area contributed by atoms with Gasteiger partial charge in [-0.3, -0.25) is 10.1 Å². The maximum atomic E-state index is 12.3. The Morgan fingerprint density at radius 1 is 1.52 bits per heavy atom. The maximum Gasteiger partial charge on any atom is 0.270 e. The van der Waals surface area contributed by atoms with Gasteiger partial charge in [-0.1, -0.05) is 0 Å². The minimum absolute atomic E-state index is 0.00660. The molecule has 0 aliphatic carbocycles. The molecule has 1 aromatic carbocycles. The second-order valence-corrected chi connectivity index (χ2v) is 6.84. The van der Waals surface area contributed by atoms with Crippen LogP contribution in [0.4, 0.5) is 11.4 Å². The molecule has 3 N–H and O–H groups in total. The van der Waals surface area contributed by atoms with Gasteiger partial charge in [-0.05, 0) is 32.5 Å². The van der Waals surface area contributed by atoms with Crippen molar-refractivity contribution in [3.63, 3.8) is 0 Å². The zero-order valence-corrected chi connectivity index (χ0v) is 12.5. The molecule has 1 fully saturated rings. The molecule has 0 radical (unpaired) electrons. The zero-order valence-electron chi connectivity index (χ0n) is 11.7. The number of likely N-dealkylation sites (tertiary alicyclic amines) is 1. The summed E-state index contributed by atoms with van der Waals surface area (Å²) in [4.78, 5) is 11.9. The predicted octanol–water partition coefficient (Wildman–Crippen LogP) is 0.549. The Morgan fingerprint density at radius 3 is 2.81 bits per heavy atom. The number of hydrogen-bond donors (Lipinski definition) is 2. The second-order valence-electron chi connectivity index (χ2n) is 5.11. The van der Waals surface area contributed by atoms with Crippen LogP contribution in [-0.4, -0.2) is 44.4 Å². The predicted molar refractivity (Wildman–Crippen MR) is 78.3 cm³/mol. The van der Waals surface area contributed by atoms with Crippen molar-refractivity contribution >= 4 is 21.4 Å². The number of benzene rings is 1. The summed E-state index contributed by atoms with van der Waals surface area (Å²) < 4.78 is 27.0. The van der Waals surface area contributed by atoms with Crippen LogP contribution in [0.15, 0.2) is 23.1 Å². The number of nitrogens with one attached hydrogen (secondary N) is 1. The highest BCUT2D eigenvalue weighted by Crippen LogP contribution is 2.24. The number of rotatable bonds is 5. The summed E-state index contributed by atoms with van der Waals surface area (Å²) in [6, 6.07) is 3.53. The average Bonchev–Trinajstić information content (AvgIpc) is 2.82. The van der Waals surface area contributed by atoms with Crippen LogP contribution in [0.1, 0.15) is 12.8 Å². The van der Waals surface area contributed by atoms with Gasteiger partial charge in [0.25, 0.3) is 5.69 Å². The third-order valence-electron chi connectivity index (χ3n) is 3.68. The molecule has 1 saturated heterocycles. The smallest absolute Gasteiger partial charge is 0.270 e. The van der Waals surface area contributed by atoms with Crippen LogP contribution in [0.25, 0.3) is 0 Å². The third-order valence-corrected chi connectivity index (χ3v) is 5.16. The first kappa shape index (κ1) is 15.7. The van der Waals surface area contributed by atoms with E-state index < -0.39 is 14.9 Å². The van der Waals surface area contributed by atoms with Gasteiger partial charge in [0.05, 0.1) is 10.6 Å². The topological polar surface area (TPSA) is 119 Å². The van der Waals surface area contributed by atoms with Gasteiger partial charge in [0.15, 0.2) is 0 Å². The first-order valence-corrected chi connectivity index (χ1v) is 8.03.